The Balaban J connectivity index is 1.83. The van der Waals surface area contributed by atoms with Gasteiger partial charge in [-0.2, -0.15) is 0 Å². The molecule has 126 valence electrons. The first-order valence-corrected chi connectivity index (χ1v) is 7.39. The second-order valence-electron chi connectivity index (χ2n) is 5.52. The van der Waals surface area contributed by atoms with Crippen molar-refractivity contribution in [2.45, 2.75) is 6.92 Å². The minimum atomic E-state index is -0.841. The summed E-state index contributed by atoms with van der Waals surface area (Å²) >= 11 is 0. The van der Waals surface area contributed by atoms with Gasteiger partial charge in [0.2, 0.25) is 5.91 Å². The number of imide groups is 1. The molecule has 0 saturated carbocycles. The third-order valence-corrected chi connectivity index (χ3v) is 3.89. The van der Waals surface area contributed by atoms with Gasteiger partial charge in [-0.3, -0.25) is 29.4 Å². The summed E-state index contributed by atoms with van der Waals surface area (Å²) in [5, 5.41) is 13.7. The zero-order valence-corrected chi connectivity index (χ0v) is 13.2. The summed E-state index contributed by atoms with van der Waals surface area (Å²) in [5.74, 6) is -2.12. The second-order valence-corrected chi connectivity index (χ2v) is 5.52. The highest BCUT2D eigenvalue weighted by Gasteiger charge is 2.41. The lowest BCUT2D eigenvalue weighted by molar-refractivity contribution is -0.385. The van der Waals surface area contributed by atoms with E-state index in [4.69, 9.17) is 0 Å². The van der Waals surface area contributed by atoms with E-state index < -0.39 is 34.9 Å². The molecule has 1 N–H and O–H groups in total. The average Bonchev–Trinajstić information content (AvgIpc) is 2.82. The fraction of sp³-hybridized carbons (Fsp3) is 0.118. The smallest absolute Gasteiger partial charge is 0.282 e. The number of fused-ring (bicyclic) bond motifs is 1. The minimum Gasteiger partial charge on any atom is -0.324 e. The molecule has 0 saturated heterocycles. The molecule has 0 aliphatic carbocycles. The van der Waals surface area contributed by atoms with Crippen molar-refractivity contribution in [1.82, 2.24) is 4.90 Å². The minimum absolute atomic E-state index is 0.0668. The van der Waals surface area contributed by atoms with E-state index in [0.29, 0.717) is 10.6 Å². The number of nitro groups is 1. The van der Waals surface area contributed by atoms with Crippen LogP contribution in [0.2, 0.25) is 0 Å². The lowest BCUT2D eigenvalue weighted by Gasteiger charge is -2.14. The number of amides is 3. The number of nitrogens with one attached hydrogen (secondary N) is 1. The number of hydrogen-bond donors (Lipinski definition) is 1. The Bertz CT molecular complexity index is 922. The van der Waals surface area contributed by atoms with E-state index in [1.165, 1.54) is 12.1 Å². The normalized spacial score (nSPS) is 12.9. The van der Waals surface area contributed by atoms with Crippen LogP contribution in [-0.4, -0.2) is 34.1 Å². The topological polar surface area (TPSA) is 110 Å². The van der Waals surface area contributed by atoms with Crippen LogP contribution in [-0.2, 0) is 4.79 Å². The summed E-state index contributed by atoms with van der Waals surface area (Å²) in [6, 6.07) is 10.9. The number of carbonyl (C=O) groups is 3. The molecular formula is C17H13N3O5. The number of para-hydroxylation sites is 1. The van der Waals surface area contributed by atoms with Crippen molar-refractivity contribution in [2.24, 2.45) is 0 Å². The molecule has 8 heteroatoms. The monoisotopic (exact) mass is 339 g/mol. The van der Waals surface area contributed by atoms with Crippen molar-refractivity contribution in [3.8, 4) is 0 Å². The maximum atomic E-state index is 12.4. The van der Waals surface area contributed by atoms with Gasteiger partial charge in [0.25, 0.3) is 17.5 Å². The Morgan fingerprint density at radius 2 is 1.84 bits per heavy atom. The van der Waals surface area contributed by atoms with Crippen molar-refractivity contribution in [3.63, 3.8) is 0 Å². The van der Waals surface area contributed by atoms with Gasteiger partial charge < -0.3 is 5.32 Å². The van der Waals surface area contributed by atoms with Gasteiger partial charge >= 0.3 is 0 Å². The Hall–Kier alpha value is -3.55. The maximum absolute atomic E-state index is 12.4. The third kappa shape index (κ3) is 2.85. The molecule has 25 heavy (non-hydrogen) atoms. The molecule has 0 radical (unpaired) electrons. The van der Waals surface area contributed by atoms with Crippen LogP contribution in [0.25, 0.3) is 0 Å². The quantitative estimate of drug-likeness (QED) is 0.521. The summed E-state index contributed by atoms with van der Waals surface area (Å²) in [6.07, 6.45) is 0. The zero-order chi connectivity index (χ0) is 18.1. The van der Waals surface area contributed by atoms with Crippen LogP contribution in [0.3, 0.4) is 0 Å². The standard InChI is InChI=1S/C17H13N3O5/c1-10-5-2-3-7-12(10)18-14(21)9-19-16(22)11-6-4-8-13(20(24)25)15(11)17(19)23/h2-8H,9H2,1H3,(H,18,21). The molecule has 3 amide bonds. The van der Waals surface area contributed by atoms with Gasteiger partial charge in [-0.1, -0.05) is 24.3 Å². The molecule has 0 spiro atoms. The molecule has 0 atom stereocenters. The Morgan fingerprint density at radius 1 is 1.12 bits per heavy atom. The molecule has 2 aromatic rings. The molecule has 3 rings (SSSR count). The molecule has 1 aliphatic rings. The molecule has 8 nitrogen and oxygen atoms in total. The number of carbonyl (C=O) groups excluding carboxylic acids is 3. The molecular weight excluding hydrogens is 326 g/mol. The van der Waals surface area contributed by atoms with Crippen LogP contribution in [0.15, 0.2) is 42.5 Å². The maximum Gasteiger partial charge on any atom is 0.282 e. The first-order valence-electron chi connectivity index (χ1n) is 7.39. The van der Waals surface area contributed by atoms with E-state index in [-0.39, 0.29) is 11.1 Å². The van der Waals surface area contributed by atoms with Crippen LogP contribution in [0.4, 0.5) is 11.4 Å². The molecule has 2 aromatic carbocycles. The number of nitro benzene ring substituents is 1. The molecule has 1 aliphatic heterocycles. The van der Waals surface area contributed by atoms with Gasteiger partial charge in [-0.05, 0) is 24.6 Å². The second kappa shape index (κ2) is 6.16. The van der Waals surface area contributed by atoms with Crippen molar-refractivity contribution in [3.05, 3.63) is 69.3 Å². The van der Waals surface area contributed by atoms with Gasteiger partial charge in [0.05, 0.1) is 10.5 Å². The number of hydrogen-bond acceptors (Lipinski definition) is 5. The first kappa shape index (κ1) is 16.3. The van der Waals surface area contributed by atoms with Crippen LogP contribution < -0.4 is 5.32 Å². The van der Waals surface area contributed by atoms with Crippen LogP contribution >= 0.6 is 0 Å². The van der Waals surface area contributed by atoms with Crippen molar-refractivity contribution >= 4 is 29.1 Å². The lowest BCUT2D eigenvalue weighted by atomic mass is 10.1. The highest BCUT2D eigenvalue weighted by atomic mass is 16.6. The van der Waals surface area contributed by atoms with Gasteiger partial charge in [0, 0.05) is 11.8 Å². The molecule has 1 heterocycles. The molecule has 0 bridgehead atoms. The van der Waals surface area contributed by atoms with Crippen molar-refractivity contribution in [1.29, 1.82) is 0 Å². The average molecular weight is 339 g/mol. The number of benzene rings is 2. The van der Waals surface area contributed by atoms with Gasteiger partial charge in [-0.25, -0.2) is 0 Å². The number of anilines is 1. The summed E-state index contributed by atoms with van der Waals surface area (Å²) < 4.78 is 0. The van der Waals surface area contributed by atoms with Crippen molar-refractivity contribution in [2.75, 3.05) is 11.9 Å². The zero-order valence-electron chi connectivity index (χ0n) is 13.2. The van der Waals surface area contributed by atoms with Crippen LogP contribution in [0.1, 0.15) is 26.3 Å². The fourth-order valence-corrected chi connectivity index (χ4v) is 2.66. The Labute approximate surface area is 142 Å². The summed E-state index contributed by atoms with van der Waals surface area (Å²) in [6.45, 7) is 1.29. The van der Waals surface area contributed by atoms with E-state index in [1.807, 2.05) is 6.07 Å². The van der Waals surface area contributed by atoms with Crippen LogP contribution in [0, 0.1) is 17.0 Å². The summed E-state index contributed by atoms with van der Waals surface area (Å²) in [5.41, 5.74) is 0.602. The molecule has 0 fully saturated rings. The van der Waals surface area contributed by atoms with Crippen LogP contribution in [0.5, 0.6) is 0 Å². The first-order chi connectivity index (χ1) is 11.9. The summed E-state index contributed by atoms with van der Waals surface area (Å²) in [7, 11) is 0. The highest BCUT2D eigenvalue weighted by molar-refractivity contribution is 6.24. The van der Waals surface area contributed by atoms with Gasteiger partial charge in [-0.15, -0.1) is 0 Å². The largest absolute Gasteiger partial charge is 0.324 e. The van der Waals surface area contributed by atoms with E-state index in [9.17, 15) is 24.5 Å². The highest BCUT2D eigenvalue weighted by Crippen LogP contribution is 2.30. The van der Waals surface area contributed by atoms with E-state index in [1.54, 1.807) is 25.1 Å². The lowest BCUT2D eigenvalue weighted by Crippen LogP contribution is -2.37. The van der Waals surface area contributed by atoms with E-state index in [0.717, 1.165) is 11.6 Å². The van der Waals surface area contributed by atoms with E-state index in [2.05, 4.69) is 5.32 Å². The van der Waals surface area contributed by atoms with E-state index >= 15 is 0 Å². The number of aryl methyl sites for hydroxylation is 1. The fourth-order valence-electron chi connectivity index (χ4n) is 2.66. The predicted octanol–water partition coefficient (Wildman–Crippen LogP) is 2.14. The predicted molar refractivity (Wildman–Crippen MR) is 88.3 cm³/mol. The molecule has 0 unspecified atom stereocenters. The SMILES string of the molecule is Cc1ccccc1NC(=O)CN1C(=O)c2cccc([N+](=O)[O-])c2C1=O. The molecule has 0 aromatic heterocycles. The van der Waals surface area contributed by atoms with Gasteiger partial charge in [0.1, 0.15) is 12.1 Å². The van der Waals surface area contributed by atoms with Gasteiger partial charge in [0.15, 0.2) is 0 Å². The van der Waals surface area contributed by atoms with Crippen molar-refractivity contribution < 1.29 is 19.3 Å². The third-order valence-electron chi connectivity index (χ3n) is 3.89. The number of rotatable bonds is 4. The Morgan fingerprint density at radius 3 is 2.52 bits per heavy atom. The Kier molecular flexibility index (Phi) is 4.02. The number of nitrogens with zero attached hydrogens (tertiary/aromatic N) is 2. The summed E-state index contributed by atoms with van der Waals surface area (Å²) in [4.78, 5) is 48.0.